The first kappa shape index (κ1) is 16.3. The molecule has 0 spiro atoms. The number of benzene rings is 1. The van der Waals surface area contributed by atoms with Crippen LogP contribution in [0.15, 0.2) is 30.3 Å². The van der Waals surface area contributed by atoms with Crippen LogP contribution in [0.2, 0.25) is 0 Å². The second-order valence-electron chi connectivity index (χ2n) is 7.93. The van der Waals surface area contributed by atoms with Gasteiger partial charge in [-0.2, -0.15) is 0 Å². The molecule has 1 saturated heterocycles. The van der Waals surface area contributed by atoms with E-state index in [9.17, 15) is 4.79 Å². The van der Waals surface area contributed by atoms with Crippen molar-refractivity contribution in [3.8, 4) is 0 Å². The van der Waals surface area contributed by atoms with E-state index in [0.29, 0.717) is 11.8 Å². The highest BCUT2D eigenvalue weighted by Crippen LogP contribution is 2.38. The van der Waals surface area contributed by atoms with Crippen LogP contribution in [0.3, 0.4) is 0 Å². The van der Waals surface area contributed by atoms with E-state index in [4.69, 9.17) is 4.74 Å². The molecule has 1 aliphatic carbocycles. The summed E-state index contributed by atoms with van der Waals surface area (Å²) in [6, 6.07) is 10.9. The van der Waals surface area contributed by atoms with Crippen LogP contribution in [0, 0.1) is 11.8 Å². The molecule has 4 nitrogen and oxygen atoms in total. The van der Waals surface area contributed by atoms with E-state index in [1.54, 1.807) is 0 Å². The van der Waals surface area contributed by atoms with Gasteiger partial charge < -0.3 is 10.1 Å². The lowest BCUT2D eigenvalue weighted by molar-refractivity contribution is 0.0491. The van der Waals surface area contributed by atoms with Gasteiger partial charge in [-0.05, 0) is 51.0 Å². The molecule has 0 radical (unpaired) electrons. The maximum absolute atomic E-state index is 12.0. The summed E-state index contributed by atoms with van der Waals surface area (Å²) in [5.74, 6) is 1.27. The number of nitrogens with one attached hydrogen (secondary N) is 1. The summed E-state index contributed by atoms with van der Waals surface area (Å²) in [4.78, 5) is 14.6. The van der Waals surface area contributed by atoms with Crippen LogP contribution >= 0.6 is 0 Å². The lowest BCUT2D eigenvalue weighted by Gasteiger charge is -2.25. The minimum atomic E-state index is -0.433. The number of amides is 1. The van der Waals surface area contributed by atoms with Gasteiger partial charge in [0.1, 0.15) is 5.60 Å². The van der Waals surface area contributed by atoms with Crippen LogP contribution in [0.5, 0.6) is 0 Å². The summed E-state index contributed by atoms with van der Waals surface area (Å²) in [5.41, 5.74) is 0.932. The van der Waals surface area contributed by atoms with E-state index in [1.807, 2.05) is 20.8 Å². The van der Waals surface area contributed by atoms with Crippen molar-refractivity contribution in [2.45, 2.75) is 51.8 Å². The van der Waals surface area contributed by atoms with Gasteiger partial charge in [-0.15, -0.1) is 0 Å². The molecule has 1 heterocycles. The lowest BCUT2D eigenvalue weighted by Crippen LogP contribution is -2.42. The third kappa shape index (κ3) is 4.25. The molecular formula is C19H28N2O2. The topological polar surface area (TPSA) is 41.6 Å². The van der Waals surface area contributed by atoms with Gasteiger partial charge in [0.25, 0.3) is 0 Å². The van der Waals surface area contributed by atoms with Crippen molar-refractivity contribution in [2.75, 3.05) is 13.1 Å². The number of hydrogen-bond acceptors (Lipinski definition) is 3. The van der Waals surface area contributed by atoms with E-state index in [-0.39, 0.29) is 12.1 Å². The molecule has 3 atom stereocenters. The molecule has 0 unspecified atom stereocenters. The van der Waals surface area contributed by atoms with Crippen LogP contribution in [0.4, 0.5) is 4.79 Å². The largest absolute Gasteiger partial charge is 0.444 e. The summed E-state index contributed by atoms with van der Waals surface area (Å²) in [6.45, 7) is 8.93. The SMILES string of the molecule is CC(C)(C)OC(=O)N[C@@H]1CC[C@@H]2CN(Cc3ccccc3)C[C@H]21. The second-order valence-corrected chi connectivity index (χ2v) is 7.93. The molecule has 1 aromatic rings. The number of nitrogens with zero attached hydrogens (tertiary/aromatic N) is 1. The second kappa shape index (κ2) is 6.52. The van der Waals surface area contributed by atoms with E-state index >= 15 is 0 Å². The van der Waals surface area contributed by atoms with E-state index in [0.717, 1.165) is 26.1 Å². The van der Waals surface area contributed by atoms with Crippen molar-refractivity contribution in [3.05, 3.63) is 35.9 Å². The zero-order chi connectivity index (χ0) is 16.4. The Hall–Kier alpha value is -1.55. The van der Waals surface area contributed by atoms with Gasteiger partial charge in [0, 0.05) is 25.7 Å². The molecule has 126 valence electrons. The lowest BCUT2D eigenvalue weighted by atomic mass is 9.98. The van der Waals surface area contributed by atoms with Crippen molar-refractivity contribution in [1.82, 2.24) is 10.2 Å². The predicted octanol–water partition coefficient (Wildman–Crippen LogP) is 3.42. The van der Waals surface area contributed by atoms with Gasteiger partial charge in [0.15, 0.2) is 0 Å². The van der Waals surface area contributed by atoms with Gasteiger partial charge in [0.2, 0.25) is 0 Å². The van der Waals surface area contributed by atoms with Crippen molar-refractivity contribution in [2.24, 2.45) is 11.8 Å². The normalized spacial score (nSPS) is 27.7. The van der Waals surface area contributed by atoms with Crippen molar-refractivity contribution in [1.29, 1.82) is 0 Å². The van der Waals surface area contributed by atoms with Crippen LogP contribution in [0.25, 0.3) is 0 Å². The molecule has 1 saturated carbocycles. The maximum atomic E-state index is 12.0. The summed E-state index contributed by atoms with van der Waals surface area (Å²) in [5, 5.41) is 3.10. The Balaban J connectivity index is 1.53. The Morgan fingerprint density at radius 2 is 1.96 bits per heavy atom. The van der Waals surface area contributed by atoms with E-state index in [2.05, 4.69) is 40.5 Å². The first-order chi connectivity index (χ1) is 10.9. The Kier molecular flexibility index (Phi) is 4.62. The zero-order valence-electron chi connectivity index (χ0n) is 14.4. The first-order valence-electron chi connectivity index (χ1n) is 8.66. The summed E-state index contributed by atoms with van der Waals surface area (Å²) in [6.07, 6.45) is 2.01. The molecule has 2 fully saturated rings. The zero-order valence-corrected chi connectivity index (χ0v) is 14.4. The standard InChI is InChI=1S/C19H28N2O2/c1-19(2,3)23-18(22)20-17-10-9-15-12-21(13-16(15)17)11-14-7-5-4-6-8-14/h4-8,15-17H,9-13H2,1-3H3,(H,20,22)/t15-,16-,17-/m1/s1. The molecule has 23 heavy (non-hydrogen) atoms. The van der Waals surface area contributed by atoms with Crippen LogP contribution in [-0.4, -0.2) is 35.7 Å². The highest BCUT2D eigenvalue weighted by molar-refractivity contribution is 5.68. The Bertz CT molecular complexity index is 538. The molecule has 1 amide bonds. The van der Waals surface area contributed by atoms with Crippen LogP contribution < -0.4 is 5.32 Å². The number of carbonyl (C=O) groups is 1. The summed E-state index contributed by atoms with van der Waals surface area (Å²) in [7, 11) is 0. The van der Waals surface area contributed by atoms with Gasteiger partial charge in [0.05, 0.1) is 0 Å². The Morgan fingerprint density at radius 3 is 2.65 bits per heavy atom. The average molecular weight is 316 g/mol. The Morgan fingerprint density at radius 1 is 1.22 bits per heavy atom. The first-order valence-corrected chi connectivity index (χ1v) is 8.66. The molecular weight excluding hydrogens is 288 g/mol. The third-order valence-electron chi connectivity index (χ3n) is 4.88. The van der Waals surface area contributed by atoms with Crippen molar-refractivity contribution >= 4 is 6.09 Å². The monoisotopic (exact) mass is 316 g/mol. The number of hydrogen-bond donors (Lipinski definition) is 1. The fourth-order valence-electron chi connectivity index (χ4n) is 3.97. The quantitative estimate of drug-likeness (QED) is 0.929. The fraction of sp³-hybridized carbons (Fsp3) is 0.632. The maximum Gasteiger partial charge on any atom is 0.407 e. The highest BCUT2D eigenvalue weighted by Gasteiger charge is 2.43. The van der Waals surface area contributed by atoms with Crippen molar-refractivity contribution in [3.63, 3.8) is 0 Å². The molecule has 0 bridgehead atoms. The van der Waals surface area contributed by atoms with Gasteiger partial charge >= 0.3 is 6.09 Å². The van der Waals surface area contributed by atoms with Crippen LogP contribution in [0.1, 0.15) is 39.2 Å². The molecule has 1 N–H and O–H groups in total. The number of rotatable bonds is 3. The fourth-order valence-corrected chi connectivity index (χ4v) is 3.97. The van der Waals surface area contributed by atoms with Gasteiger partial charge in [-0.1, -0.05) is 30.3 Å². The number of alkyl carbamates (subject to hydrolysis) is 1. The number of ether oxygens (including phenoxy) is 1. The summed E-state index contributed by atoms with van der Waals surface area (Å²) < 4.78 is 5.41. The van der Waals surface area contributed by atoms with Crippen LogP contribution in [-0.2, 0) is 11.3 Å². The molecule has 4 heteroatoms. The average Bonchev–Trinajstić information content (AvgIpc) is 3.00. The minimum Gasteiger partial charge on any atom is -0.444 e. The highest BCUT2D eigenvalue weighted by atomic mass is 16.6. The van der Waals surface area contributed by atoms with Gasteiger partial charge in [-0.25, -0.2) is 4.79 Å². The molecule has 1 aromatic carbocycles. The third-order valence-corrected chi connectivity index (χ3v) is 4.88. The number of fused-ring (bicyclic) bond motifs is 1. The van der Waals surface area contributed by atoms with E-state index < -0.39 is 5.60 Å². The molecule has 2 aliphatic rings. The van der Waals surface area contributed by atoms with Crippen molar-refractivity contribution < 1.29 is 9.53 Å². The molecule has 3 rings (SSSR count). The van der Waals surface area contributed by atoms with E-state index in [1.165, 1.54) is 12.0 Å². The number of carbonyl (C=O) groups excluding carboxylic acids is 1. The Labute approximate surface area is 139 Å². The molecule has 0 aromatic heterocycles. The summed E-state index contributed by atoms with van der Waals surface area (Å²) >= 11 is 0. The predicted molar refractivity (Wildman–Crippen MR) is 91.1 cm³/mol. The minimum absolute atomic E-state index is 0.260. The number of likely N-dealkylation sites (tertiary alicyclic amines) is 1. The van der Waals surface area contributed by atoms with Gasteiger partial charge in [-0.3, -0.25) is 4.90 Å². The smallest absolute Gasteiger partial charge is 0.407 e. The molecule has 1 aliphatic heterocycles.